The number of ether oxygens (including phenoxy) is 1. The molecular formula is C10H12ClN3O4. The third-order valence-electron chi connectivity index (χ3n) is 1.59. The van der Waals surface area contributed by atoms with Crippen molar-refractivity contribution in [1.29, 1.82) is 0 Å². The summed E-state index contributed by atoms with van der Waals surface area (Å²) in [5.74, 6) is -1.37. The Morgan fingerprint density at radius 1 is 1.44 bits per heavy atom. The molecule has 0 unspecified atom stereocenters. The van der Waals surface area contributed by atoms with E-state index in [4.69, 9.17) is 21.4 Å². The number of hydrogen-bond donors (Lipinski definition) is 2. The van der Waals surface area contributed by atoms with Gasteiger partial charge < -0.3 is 9.84 Å². The van der Waals surface area contributed by atoms with Crippen LogP contribution in [0.5, 0.6) is 0 Å². The first kappa shape index (κ1) is 14.2. The molecule has 0 radical (unpaired) electrons. The van der Waals surface area contributed by atoms with Crippen molar-refractivity contribution in [3.05, 3.63) is 16.9 Å². The lowest BCUT2D eigenvalue weighted by Crippen LogP contribution is -2.27. The molecule has 0 bridgehead atoms. The highest BCUT2D eigenvalue weighted by atomic mass is 35.5. The molecular weight excluding hydrogens is 262 g/mol. The molecule has 0 aliphatic carbocycles. The van der Waals surface area contributed by atoms with Gasteiger partial charge in [0.25, 0.3) is 0 Å². The maximum Gasteiger partial charge on any atom is 0.414 e. The van der Waals surface area contributed by atoms with Crippen molar-refractivity contribution in [3.63, 3.8) is 0 Å². The van der Waals surface area contributed by atoms with Crippen molar-refractivity contribution in [1.82, 2.24) is 9.97 Å². The molecule has 18 heavy (non-hydrogen) atoms. The lowest BCUT2D eigenvalue weighted by atomic mass is 10.2. The smallest absolute Gasteiger partial charge is 0.414 e. The quantitative estimate of drug-likeness (QED) is 0.801. The zero-order valence-electron chi connectivity index (χ0n) is 10.0. The van der Waals surface area contributed by atoms with E-state index in [2.05, 4.69) is 15.3 Å². The van der Waals surface area contributed by atoms with E-state index in [0.29, 0.717) is 0 Å². The van der Waals surface area contributed by atoms with Gasteiger partial charge in [0.2, 0.25) is 5.95 Å². The number of carbonyl (C=O) groups is 2. The van der Waals surface area contributed by atoms with E-state index in [1.807, 2.05) is 0 Å². The minimum Gasteiger partial charge on any atom is -0.478 e. The Kier molecular flexibility index (Phi) is 4.07. The topological polar surface area (TPSA) is 101 Å². The van der Waals surface area contributed by atoms with Crippen molar-refractivity contribution in [3.8, 4) is 0 Å². The molecule has 98 valence electrons. The first-order chi connectivity index (χ1) is 8.19. The van der Waals surface area contributed by atoms with Crippen molar-refractivity contribution >= 4 is 29.6 Å². The molecule has 1 heterocycles. The molecule has 0 spiro atoms. The molecule has 2 N–H and O–H groups in total. The fraction of sp³-hybridized carbons (Fsp3) is 0.400. The minimum absolute atomic E-state index is 0.126. The van der Waals surface area contributed by atoms with Crippen LogP contribution in [0.3, 0.4) is 0 Å². The number of nitrogens with one attached hydrogen (secondary N) is 1. The Morgan fingerprint density at radius 2 is 2.06 bits per heavy atom. The van der Waals surface area contributed by atoms with Gasteiger partial charge in [-0.25, -0.2) is 14.6 Å². The maximum absolute atomic E-state index is 11.4. The van der Waals surface area contributed by atoms with Gasteiger partial charge in [0.1, 0.15) is 16.3 Å². The summed E-state index contributed by atoms with van der Waals surface area (Å²) in [5.41, 5.74) is -0.902. The van der Waals surface area contributed by atoms with Gasteiger partial charge in [-0.3, -0.25) is 5.32 Å². The van der Waals surface area contributed by atoms with Gasteiger partial charge in [0.15, 0.2) is 0 Å². The summed E-state index contributed by atoms with van der Waals surface area (Å²) in [6.45, 7) is 5.11. The number of anilines is 1. The van der Waals surface area contributed by atoms with E-state index in [9.17, 15) is 9.59 Å². The molecule has 0 aromatic carbocycles. The van der Waals surface area contributed by atoms with Gasteiger partial charge in [-0.15, -0.1) is 0 Å². The van der Waals surface area contributed by atoms with Gasteiger partial charge in [0, 0.05) is 6.20 Å². The molecule has 0 saturated carbocycles. The highest BCUT2D eigenvalue weighted by Crippen LogP contribution is 2.14. The third kappa shape index (κ3) is 4.17. The number of carboxylic acids is 1. The highest BCUT2D eigenvalue weighted by Gasteiger charge is 2.18. The number of carboxylic acid groups (broad SMARTS) is 1. The van der Waals surface area contributed by atoms with Crippen LogP contribution < -0.4 is 5.32 Å². The SMILES string of the molecule is CC(C)(C)OC(=O)Nc1ncc(C(=O)O)c(Cl)n1. The van der Waals surface area contributed by atoms with Crippen LogP contribution in [-0.4, -0.2) is 32.7 Å². The summed E-state index contributed by atoms with van der Waals surface area (Å²) in [6.07, 6.45) is 0.256. The normalized spacial score (nSPS) is 10.9. The summed E-state index contributed by atoms with van der Waals surface area (Å²) < 4.78 is 4.97. The van der Waals surface area contributed by atoms with Crippen molar-refractivity contribution in [2.24, 2.45) is 0 Å². The number of nitrogens with zero attached hydrogens (tertiary/aromatic N) is 2. The first-order valence-corrected chi connectivity index (χ1v) is 5.32. The lowest BCUT2D eigenvalue weighted by molar-refractivity contribution is 0.0633. The first-order valence-electron chi connectivity index (χ1n) is 4.95. The van der Waals surface area contributed by atoms with E-state index >= 15 is 0 Å². The van der Waals surface area contributed by atoms with Gasteiger partial charge in [-0.05, 0) is 20.8 Å². The number of amides is 1. The lowest BCUT2D eigenvalue weighted by Gasteiger charge is -2.19. The predicted octanol–water partition coefficient (Wildman–Crippen LogP) is 2.18. The van der Waals surface area contributed by atoms with Crippen molar-refractivity contribution in [2.45, 2.75) is 26.4 Å². The Morgan fingerprint density at radius 3 is 2.50 bits per heavy atom. The van der Waals surface area contributed by atoms with Gasteiger partial charge in [0.05, 0.1) is 0 Å². The van der Waals surface area contributed by atoms with E-state index in [0.717, 1.165) is 6.20 Å². The van der Waals surface area contributed by atoms with Crippen LogP contribution in [-0.2, 0) is 4.74 Å². The number of aromatic nitrogens is 2. The van der Waals surface area contributed by atoms with Crippen LogP contribution in [0.4, 0.5) is 10.7 Å². The molecule has 8 heteroatoms. The van der Waals surface area contributed by atoms with Crippen molar-refractivity contribution in [2.75, 3.05) is 5.32 Å². The third-order valence-corrected chi connectivity index (χ3v) is 1.87. The molecule has 1 aromatic heterocycles. The number of carbonyl (C=O) groups excluding carboxylic acids is 1. The summed E-state index contributed by atoms with van der Waals surface area (Å²) in [7, 11) is 0. The second-order valence-electron chi connectivity index (χ2n) is 4.33. The molecule has 7 nitrogen and oxygen atoms in total. The Balaban J connectivity index is 2.78. The summed E-state index contributed by atoms with van der Waals surface area (Å²) in [5, 5.41) is 10.7. The van der Waals surface area contributed by atoms with E-state index in [-0.39, 0.29) is 16.7 Å². The Bertz CT molecular complexity index is 485. The van der Waals surface area contributed by atoms with E-state index in [1.54, 1.807) is 20.8 Å². The molecule has 1 rings (SSSR count). The average molecular weight is 274 g/mol. The Labute approximate surface area is 108 Å². The molecule has 0 aliphatic rings. The van der Waals surface area contributed by atoms with Crippen LogP contribution in [0.25, 0.3) is 0 Å². The van der Waals surface area contributed by atoms with Crippen LogP contribution in [0.15, 0.2) is 6.20 Å². The summed E-state index contributed by atoms with van der Waals surface area (Å²) >= 11 is 5.62. The summed E-state index contributed by atoms with van der Waals surface area (Å²) in [6, 6.07) is 0. The monoisotopic (exact) mass is 273 g/mol. The highest BCUT2D eigenvalue weighted by molar-refractivity contribution is 6.32. The summed E-state index contributed by atoms with van der Waals surface area (Å²) in [4.78, 5) is 29.3. The molecule has 1 aromatic rings. The van der Waals surface area contributed by atoms with Crippen LogP contribution in [0.1, 0.15) is 31.1 Å². The molecule has 0 saturated heterocycles. The second kappa shape index (κ2) is 5.18. The molecule has 1 amide bonds. The van der Waals surface area contributed by atoms with Gasteiger partial charge >= 0.3 is 12.1 Å². The average Bonchev–Trinajstić information content (AvgIpc) is 2.13. The van der Waals surface area contributed by atoms with E-state index in [1.165, 1.54) is 0 Å². The molecule has 0 atom stereocenters. The maximum atomic E-state index is 11.4. The predicted molar refractivity (Wildman–Crippen MR) is 63.9 cm³/mol. The zero-order valence-corrected chi connectivity index (χ0v) is 10.8. The Hall–Kier alpha value is -1.89. The molecule has 0 fully saturated rings. The zero-order chi connectivity index (χ0) is 13.9. The van der Waals surface area contributed by atoms with Crippen LogP contribution in [0.2, 0.25) is 5.15 Å². The standard InChI is InChI=1S/C10H12ClN3O4/c1-10(2,3)18-9(17)14-8-12-4-5(7(15)16)6(11)13-8/h4H,1-3H3,(H,15,16)(H,12,13,14,17). The second-order valence-corrected chi connectivity index (χ2v) is 4.69. The number of aromatic carboxylic acids is 1. The van der Waals surface area contributed by atoms with Crippen LogP contribution >= 0.6 is 11.6 Å². The number of hydrogen-bond acceptors (Lipinski definition) is 5. The van der Waals surface area contributed by atoms with Gasteiger partial charge in [-0.1, -0.05) is 11.6 Å². The van der Waals surface area contributed by atoms with Gasteiger partial charge in [-0.2, -0.15) is 4.98 Å². The van der Waals surface area contributed by atoms with Crippen LogP contribution in [0, 0.1) is 0 Å². The largest absolute Gasteiger partial charge is 0.478 e. The minimum atomic E-state index is -1.25. The fourth-order valence-electron chi connectivity index (χ4n) is 0.960. The fourth-order valence-corrected chi connectivity index (χ4v) is 1.17. The number of rotatable bonds is 2. The number of halogens is 1. The molecule has 0 aliphatic heterocycles. The van der Waals surface area contributed by atoms with E-state index < -0.39 is 17.7 Å². The van der Waals surface area contributed by atoms with Crippen molar-refractivity contribution < 1.29 is 19.4 Å².